The SMILES string of the molecule is C[C@H]1OCCN(c2ccc(NC(=O)[C@H]3C[C@@H](O)CN3C(=O)Nc3ccc(Cl)cc3)c(F)c2)C1=O. The maximum atomic E-state index is 14.8. The van der Waals surface area contributed by atoms with Crippen LogP contribution < -0.4 is 15.5 Å². The van der Waals surface area contributed by atoms with Crippen LogP contribution in [0, 0.1) is 5.82 Å². The van der Waals surface area contributed by atoms with E-state index < -0.39 is 36.0 Å². The van der Waals surface area contributed by atoms with Gasteiger partial charge in [0.1, 0.15) is 18.0 Å². The predicted molar refractivity (Wildman–Crippen MR) is 124 cm³/mol. The normalized spacial score (nSPS) is 22.6. The summed E-state index contributed by atoms with van der Waals surface area (Å²) < 4.78 is 20.1. The van der Waals surface area contributed by atoms with Crippen LogP contribution >= 0.6 is 11.6 Å². The molecule has 0 aliphatic carbocycles. The highest BCUT2D eigenvalue weighted by molar-refractivity contribution is 6.30. The molecule has 34 heavy (non-hydrogen) atoms. The molecule has 2 aromatic carbocycles. The molecule has 2 fully saturated rings. The van der Waals surface area contributed by atoms with E-state index in [4.69, 9.17) is 16.3 Å². The van der Waals surface area contributed by atoms with Gasteiger partial charge in [0.15, 0.2) is 0 Å². The molecule has 2 aromatic rings. The Bertz CT molecular complexity index is 1100. The van der Waals surface area contributed by atoms with Crippen molar-refractivity contribution >= 4 is 46.5 Å². The summed E-state index contributed by atoms with van der Waals surface area (Å²) in [6.45, 7) is 2.22. The van der Waals surface area contributed by atoms with E-state index in [1.807, 2.05) is 0 Å². The number of amides is 4. The number of hydrogen-bond donors (Lipinski definition) is 3. The fourth-order valence-corrected chi connectivity index (χ4v) is 4.11. The number of ether oxygens (including phenoxy) is 1. The number of urea groups is 1. The Morgan fingerprint density at radius 3 is 2.62 bits per heavy atom. The number of nitrogens with one attached hydrogen (secondary N) is 2. The standard InChI is InChI=1S/C23H24ClFN4O5/c1-13-22(32)28(8-9-34-13)16-6-7-19(18(25)10-16)27-21(31)20-11-17(30)12-29(20)23(33)26-15-4-2-14(24)3-5-15/h2-7,10,13,17,20,30H,8-9,11-12H2,1H3,(H,26,33)(H,27,31)/t13-,17-,20-/m1/s1. The van der Waals surface area contributed by atoms with E-state index in [-0.39, 0.29) is 24.6 Å². The number of aliphatic hydroxyl groups is 1. The highest BCUT2D eigenvalue weighted by Gasteiger charge is 2.39. The number of likely N-dealkylation sites (tertiary alicyclic amines) is 1. The molecule has 0 aromatic heterocycles. The maximum absolute atomic E-state index is 14.8. The number of hydrogen-bond acceptors (Lipinski definition) is 5. The van der Waals surface area contributed by atoms with E-state index in [0.717, 1.165) is 0 Å². The van der Waals surface area contributed by atoms with Crippen molar-refractivity contribution in [3.05, 3.63) is 53.3 Å². The molecule has 0 spiro atoms. The van der Waals surface area contributed by atoms with Crippen molar-refractivity contribution in [1.29, 1.82) is 0 Å². The van der Waals surface area contributed by atoms with Crippen LogP contribution in [0.25, 0.3) is 0 Å². The lowest BCUT2D eigenvalue weighted by Crippen LogP contribution is -2.46. The molecular formula is C23H24ClFN4O5. The number of halogens is 2. The van der Waals surface area contributed by atoms with Gasteiger partial charge >= 0.3 is 6.03 Å². The fourth-order valence-electron chi connectivity index (χ4n) is 3.98. The van der Waals surface area contributed by atoms with Crippen molar-refractivity contribution in [2.45, 2.75) is 31.6 Å². The molecule has 2 heterocycles. The summed E-state index contributed by atoms with van der Waals surface area (Å²) >= 11 is 5.85. The van der Waals surface area contributed by atoms with Gasteiger partial charge in [0.25, 0.3) is 5.91 Å². The first-order chi connectivity index (χ1) is 16.2. The van der Waals surface area contributed by atoms with Crippen LogP contribution in [-0.4, -0.2) is 65.8 Å². The van der Waals surface area contributed by atoms with E-state index in [2.05, 4.69) is 10.6 Å². The molecule has 0 unspecified atom stereocenters. The van der Waals surface area contributed by atoms with Gasteiger partial charge in [-0.2, -0.15) is 0 Å². The zero-order valence-corrected chi connectivity index (χ0v) is 19.1. The van der Waals surface area contributed by atoms with Crippen molar-refractivity contribution in [3.8, 4) is 0 Å². The minimum Gasteiger partial charge on any atom is -0.391 e. The summed E-state index contributed by atoms with van der Waals surface area (Å²) in [7, 11) is 0. The van der Waals surface area contributed by atoms with Crippen LogP contribution in [0.5, 0.6) is 0 Å². The van der Waals surface area contributed by atoms with Crippen molar-refractivity contribution in [2.24, 2.45) is 0 Å². The number of morpholine rings is 1. The molecule has 2 aliphatic heterocycles. The van der Waals surface area contributed by atoms with Gasteiger partial charge in [-0.25, -0.2) is 9.18 Å². The predicted octanol–water partition coefficient (Wildman–Crippen LogP) is 2.84. The summed E-state index contributed by atoms with van der Waals surface area (Å²) in [6, 6.07) is 8.92. The second kappa shape index (κ2) is 9.96. The van der Waals surface area contributed by atoms with Gasteiger partial charge in [-0.15, -0.1) is 0 Å². The second-order valence-corrected chi connectivity index (χ2v) is 8.59. The van der Waals surface area contributed by atoms with E-state index in [9.17, 15) is 23.9 Å². The number of aliphatic hydroxyl groups excluding tert-OH is 1. The number of rotatable bonds is 4. The van der Waals surface area contributed by atoms with Crippen molar-refractivity contribution in [1.82, 2.24) is 4.90 Å². The van der Waals surface area contributed by atoms with Crippen LogP contribution in [0.2, 0.25) is 5.02 Å². The molecule has 0 radical (unpaired) electrons. The summed E-state index contributed by atoms with van der Waals surface area (Å²) in [5.41, 5.74) is 0.737. The van der Waals surface area contributed by atoms with Gasteiger partial charge in [-0.05, 0) is 49.4 Å². The lowest BCUT2D eigenvalue weighted by Gasteiger charge is -2.31. The number of carbonyl (C=O) groups is 3. The highest BCUT2D eigenvalue weighted by Crippen LogP contribution is 2.26. The van der Waals surface area contributed by atoms with Gasteiger partial charge in [0.05, 0.1) is 18.4 Å². The summed E-state index contributed by atoms with van der Waals surface area (Å²) in [5.74, 6) is -1.64. The van der Waals surface area contributed by atoms with Gasteiger partial charge in [0.2, 0.25) is 5.91 Å². The zero-order valence-electron chi connectivity index (χ0n) is 18.3. The maximum Gasteiger partial charge on any atom is 0.322 e. The summed E-state index contributed by atoms with van der Waals surface area (Å²) in [4.78, 5) is 40.5. The molecule has 3 atom stereocenters. The van der Waals surface area contributed by atoms with E-state index in [1.165, 1.54) is 28.0 Å². The fraction of sp³-hybridized carbons (Fsp3) is 0.348. The first kappa shape index (κ1) is 23.9. The molecule has 4 amide bonds. The van der Waals surface area contributed by atoms with Crippen LogP contribution in [0.4, 0.5) is 26.2 Å². The number of β-amino-alcohol motifs (C(OH)–C–C–N with tert-alkyl or cyclic N) is 1. The third-order valence-electron chi connectivity index (χ3n) is 5.76. The smallest absolute Gasteiger partial charge is 0.322 e. The molecule has 0 bridgehead atoms. The monoisotopic (exact) mass is 490 g/mol. The average Bonchev–Trinajstić information content (AvgIpc) is 3.20. The summed E-state index contributed by atoms with van der Waals surface area (Å²) in [6.07, 6.45) is -1.50. The molecule has 3 N–H and O–H groups in total. The highest BCUT2D eigenvalue weighted by atomic mass is 35.5. The van der Waals surface area contributed by atoms with Gasteiger partial charge in [0, 0.05) is 35.9 Å². The minimum atomic E-state index is -0.997. The third kappa shape index (κ3) is 5.14. The molecule has 0 saturated carbocycles. The molecule has 180 valence electrons. The summed E-state index contributed by atoms with van der Waals surface area (Å²) in [5, 5.41) is 15.7. The number of anilines is 3. The topological polar surface area (TPSA) is 111 Å². The molecular weight excluding hydrogens is 467 g/mol. The second-order valence-electron chi connectivity index (χ2n) is 8.15. The van der Waals surface area contributed by atoms with Crippen LogP contribution in [0.15, 0.2) is 42.5 Å². The van der Waals surface area contributed by atoms with E-state index in [0.29, 0.717) is 29.5 Å². The Labute approximate surface area is 200 Å². The first-order valence-corrected chi connectivity index (χ1v) is 11.2. The number of carbonyl (C=O) groups excluding carboxylic acids is 3. The lowest BCUT2D eigenvalue weighted by molar-refractivity contribution is -0.132. The number of benzene rings is 2. The molecule has 11 heteroatoms. The zero-order chi connectivity index (χ0) is 24.4. The molecule has 2 aliphatic rings. The van der Waals surface area contributed by atoms with Crippen LogP contribution in [-0.2, 0) is 14.3 Å². The molecule has 4 rings (SSSR count). The van der Waals surface area contributed by atoms with Gasteiger partial charge < -0.3 is 30.3 Å². The molecule has 9 nitrogen and oxygen atoms in total. The van der Waals surface area contributed by atoms with Crippen LogP contribution in [0.3, 0.4) is 0 Å². The Balaban J connectivity index is 1.44. The van der Waals surface area contributed by atoms with E-state index >= 15 is 0 Å². The minimum absolute atomic E-state index is 0.0136. The third-order valence-corrected chi connectivity index (χ3v) is 6.01. The van der Waals surface area contributed by atoms with Crippen molar-refractivity contribution < 1.29 is 28.6 Å². The van der Waals surface area contributed by atoms with Gasteiger partial charge in [-0.3, -0.25) is 9.59 Å². The Morgan fingerprint density at radius 1 is 1.18 bits per heavy atom. The average molecular weight is 491 g/mol. The van der Waals surface area contributed by atoms with Gasteiger partial charge in [-0.1, -0.05) is 11.6 Å². The largest absolute Gasteiger partial charge is 0.391 e. The Hall–Kier alpha value is -3.21. The van der Waals surface area contributed by atoms with Crippen LogP contribution in [0.1, 0.15) is 13.3 Å². The quantitative estimate of drug-likeness (QED) is 0.610. The molecule has 2 saturated heterocycles. The Kier molecular flexibility index (Phi) is 7.01. The van der Waals surface area contributed by atoms with Crippen molar-refractivity contribution in [3.63, 3.8) is 0 Å². The Morgan fingerprint density at radius 2 is 1.91 bits per heavy atom. The van der Waals surface area contributed by atoms with E-state index in [1.54, 1.807) is 31.2 Å². The lowest BCUT2D eigenvalue weighted by atomic mass is 10.1. The van der Waals surface area contributed by atoms with Crippen molar-refractivity contribution in [2.75, 3.05) is 35.2 Å². The number of nitrogens with zero attached hydrogens (tertiary/aromatic N) is 2. The first-order valence-electron chi connectivity index (χ1n) is 10.8.